The minimum absolute atomic E-state index is 0.152. The van der Waals surface area contributed by atoms with Crippen LogP contribution in [0.2, 0.25) is 0 Å². The van der Waals surface area contributed by atoms with Gasteiger partial charge in [0.15, 0.2) is 0 Å². The lowest BCUT2D eigenvalue weighted by molar-refractivity contribution is 0.161. The Morgan fingerprint density at radius 3 is 2.84 bits per heavy atom. The van der Waals surface area contributed by atoms with Crippen LogP contribution in [0, 0.1) is 5.92 Å². The number of hydrogen-bond donors (Lipinski definition) is 2. The molecule has 7 heteroatoms. The number of nitrogens with one attached hydrogen (secondary N) is 2. The quantitative estimate of drug-likeness (QED) is 0.724. The normalized spacial score (nSPS) is 13.6. The summed E-state index contributed by atoms with van der Waals surface area (Å²) in [6, 6.07) is 1.72. The van der Waals surface area contributed by atoms with Gasteiger partial charge < -0.3 is 10.1 Å². The summed E-state index contributed by atoms with van der Waals surface area (Å²) in [5.41, 5.74) is 0. The monoisotopic (exact) mass is 306 g/mol. The molecule has 0 aliphatic heterocycles. The van der Waals surface area contributed by atoms with E-state index in [0.29, 0.717) is 24.6 Å². The number of hydrogen-bond acceptors (Lipinski definition) is 5. The third-order valence-corrected chi connectivity index (χ3v) is 5.05. The molecule has 0 saturated carbocycles. The van der Waals surface area contributed by atoms with Crippen LogP contribution < -0.4 is 10.0 Å². The first-order chi connectivity index (χ1) is 8.99. The highest BCUT2D eigenvalue weighted by atomic mass is 32.2. The highest BCUT2D eigenvalue weighted by molar-refractivity contribution is 7.89. The molecule has 0 amide bonds. The van der Waals surface area contributed by atoms with Crippen molar-refractivity contribution in [3.8, 4) is 0 Å². The fourth-order valence-electron chi connectivity index (χ4n) is 1.52. The van der Waals surface area contributed by atoms with Gasteiger partial charge in [-0.25, -0.2) is 13.1 Å². The molecule has 1 heterocycles. The van der Waals surface area contributed by atoms with Crippen molar-refractivity contribution in [1.29, 1.82) is 0 Å². The van der Waals surface area contributed by atoms with E-state index in [1.165, 1.54) is 11.3 Å². The summed E-state index contributed by atoms with van der Waals surface area (Å²) in [5.74, 6) is 0.152. The average Bonchev–Trinajstić information content (AvgIpc) is 2.84. The van der Waals surface area contributed by atoms with Gasteiger partial charge in [0.25, 0.3) is 0 Å². The van der Waals surface area contributed by atoms with Crippen molar-refractivity contribution in [2.24, 2.45) is 5.92 Å². The van der Waals surface area contributed by atoms with Crippen LogP contribution >= 0.6 is 11.3 Å². The summed E-state index contributed by atoms with van der Waals surface area (Å²) in [6.45, 7) is 6.45. The second-order valence-corrected chi connectivity index (χ2v) is 7.20. The molecule has 19 heavy (non-hydrogen) atoms. The molecule has 2 N–H and O–H groups in total. The number of rotatable bonds is 9. The predicted octanol–water partition coefficient (Wildman–Crippen LogP) is 1.42. The van der Waals surface area contributed by atoms with Gasteiger partial charge in [0.1, 0.15) is 0 Å². The van der Waals surface area contributed by atoms with E-state index < -0.39 is 10.0 Å². The lowest BCUT2D eigenvalue weighted by Crippen LogP contribution is -2.29. The Labute approximate surface area is 119 Å². The molecule has 0 spiro atoms. The van der Waals surface area contributed by atoms with E-state index in [1.54, 1.807) is 18.6 Å². The van der Waals surface area contributed by atoms with Gasteiger partial charge in [0.05, 0.1) is 4.90 Å². The van der Waals surface area contributed by atoms with E-state index in [0.717, 1.165) is 11.4 Å². The zero-order valence-electron chi connectivity index (χ0n) is 11.6. The second-order valence-electron chi connectivity index (χ2n) is 4.44. The van der Waals surface area contributed by atoms with Gasteiger partial charge in [-0.05, 0) is 18.5 Å². The van der Waals surface area contributed by atoms with Crippen LogP contribution in [0.3, 0.4) is 0 Å². The van der Waals surface area contributed by atoms with Crippen LogP contribution in [0.5, 0.6) is 0 Å². The number of sulfonamides is 1. The van der Waals surface area contributed by atoms with Gasteiger partial charge in [-0.3, -0.25) is 0 Å². The van der Waals surface area contributed by atoms with Crippen LogP contribution in [-0.4, -0.2) is 35.2 Å². The lowest BCUT2D eigenvalue weighted by atomic mass is 10.2. The zero-order chi connectivity index (χ0) is 14.3. The number of thiophene rings is 1. The third kappa shape index (κ3) is 5.58. The average molecular weight is 306 g/mol. The molecular formula is C12H22N2O3S2. The Balaban J connectivity index is 2.59. The molecule has 1 aromatic heterocycles. The minimum atomic E-state index is -3.40. The van der Waals surface area contributed by atoms with E-state index in [1.807, 2.05) is 13.8 Å². The molecule has 1 unspecified atom stereocenters. The largest absolute Gasteiger partial charge is 0.384 e. The number of ether oxygens (including phenoxy) is 1. The number of methoxy groups -OCH3 is 1. The minimum Gasteiger partial charge on any atom is -0.384 e. The van der Waals surface area contributed by atoms with E-state index in [-0.39, 0.29) is 5.92 Å². The van der Waals surface area contributed by atoms with Crippen molar-refractivity contribution in [3.05, 3.63) is 16.3 Å². The van der Waals surface area contributed by atoms with Crippen LogP contribution in [0.1, 0.15) is 18.7 Å². The molecule has 0 aliphatic carbocycles. The van der Waals surface area contributed by atoms with Gasteiger partial charge in [-0.2, -0.15) is 0 Å². The maximum absolute atomic E-state index is 12.1. The molecule has 0 bridgehead atoms. The fraction of sp³-hybridized carbons (Fsp3) is 0.667. The van der Waals surface area contributed by atoms with Gasteiger partial charge in [0, 0.05) is 37.1 Å². The van der Waals surface area contributed by atoms with Crippen molar-refractivity contribution < 1.29 is 13.2 Å². The fourth-order valence-corrected chi connectivity index (χ4v) is 3.93. The van der Waals surface area contributed by atoms with Gasteiger partial charge in [-0.15, -0.1) is 11.3 Å². The second kappa shape index (κ2) is 7.96. The third-order valence-electron chi connectivity index (χ3n) is 2.56. The zero-order valence-corrected chi connectivity index (χ0v) is 13.2. The summed E-state index contributed by atoms with van der Waals surface area (Å²) < 4.78 is 31.7. The Morgan fingerprint density at radius 1 is 1.47 bits per heavy atom. The first kappa shape index (κ1) is 16.6. The molecule has 110 valence electrons. The van der Waals surface area contributed by atoms with Gasteiger partial charge >= 0.3 is 0 Å². The van der Waals surface area contributed by atoms with E-state index in [2.05, 4.69) is 10.0 Å². The summed E-state index contributed by atoms with van der Waals surface area (Å²) in [7, 11) is -1.79. The molecule has 0 fully saturated rings. The summed E-state index contributed by atoms with van der Waals surface area (Å²) in [6.07, 6.45) is 0. The van der Waals surface area contributed by atoms with Crippen molar-refractivity contribution in [3.63, 3.8) is 0 Å². The van der Waals surface area contributed by atoms with Crippen molar-refractivity contribution in [2.45, 2.75) is 25.3 Å². The SMILES string of the molecule is CCNCc1cc(S(=O)(=O)NCC(C)COC)cs1. The van der Waals surface area contributed by atoms with E-state index >= 15 is 0 Å². The smallest absolute Gasteiger partial charge is 0.241 e. The maximum atomic E-state index is 12.1. The Morgan fingerprint density at radius 2 is 2.21 bits per heavy atom. The maximum Gasteiger partial charge on any atom is 0.241 e. The van der Waals surface area contributed by atoms with E-state index in [9.17, 15) is 8.42 Å². The first-order valence-corrected chi connectivity index (χ1v) is 8.62. The molecule has 0 aliphatic rings. The highest BCUT2D eigenvalue weighted by Crippen LogP contribution is 2.19. The summed E-state index contributed by atoms with van der Waals surface area (Å²) in [4.78, 5) is 1.36. The standard InChI is InChI=1S/C12H22N2O3S2/c1-4-13-7-11-5-12(9-18-11)19(15,16)14-6-10(2)8-17-3/h5,9-10,13-14H,4,6-8H2,1-3H3. The Kier molecular flexibility index (Phi) is 6.95. The molecule has 1 atom stereocenters. The predicted molar refractivity (Wildman–Crippen MR) is 77.9 cm³/mol. The van der Waals surface area contributed by atoms with Crippen molar-refractivity contribution in [2.75, 3.05) is 26.8 Å². The molecule has 1 rings (SSSR count). The van der Waals surface area contributed by atoms with Crippen molar-refractivity contribution >= 4 is 21.4 Å². The molecule has 5 nitrogen and oxygen atoms in total. The molecule has 0 saturated heterocycles. The first-order valence-electron chi connectivity index (χ1n) is 6.26. The van der Waals surface area contributed by atoms with Crippen molar-refractivity contribution in [1.82, 2.24) is 10.0 Å². The lowest BCUT2D eigenvalue weighted by Gasteiger charge is -2.11. The van der Waals surface area contributed by atoms with Gasteiger partial charge in [-0.1, -0.05) is 13.8 Å². The molecule has 0 radical (unpaired) electrons. The van der Waals surface area contributed by atoms with E-state index in [4.69, 9.17) is 4.74 Å². The molecular weight excluding hydrogens is 284 g/mol. The Bertz CT molecular complexity index is 471. The van der Waals surface area contributed by atoms with Gasteiger partial charge in [0.2, 0.25) is 10.0 Å². The van der Waals surface area contributed by atoms with Crippen LogP contribution in [-0.2, 0) is 21.3 Å². The van der Waals surface area contributed by atoms with Crippen LogP contribution in [0.4, 0.5) is 0 Å². The highest BCUT2D eigenvalue weighted by Gasteiger charge is 2.17. The van der Waals surface area contributed by atoms with Crippen LogP contribution in [0.25, 0.3) is 0 Å². The molecule has 0 aromatic carbocycles. The topological polar surface area (TPSA) is 67.4 Å². The summed E-state index contributed by atoms with van der Waals surface area (Å²) >= 11 is 1.45. The summed E-state index contributed by atoms with van der Waals surface area (Å²) in [5, 5.41) is 4.85. The van der Waals surface area contributed by atoms with Crippen LogP contribution in [0.15, 0.2) is 16.3 Å². The Hall–Kier alpha value is -0.470. The molecule has 1 aromatic rings.